The van der Waals surface area contributed by atoms with Crippen molar-refractivity contribution in [2.75, 3.05) is 0 Å². The highest BCUT2D eigenvalue weighted by Gasteiger charge is 2.37. The summed E-state index contributed by atoms with van der Waals surface area (Å²) in [6.07, 6.45) is 6.80. The number of fused-ring (bicyclic) bond motifs is 1. The molecule has 3 rings (SSSR count). The van der Waals surface area contributed by atoms with E-state index in [0.717, 1.165) is 44.9 Å². The molecular weight excluding hydrogens is 266 g/mol. The minimum Gasteiger partial charge on any atom is -0.481 e. The van der Waals surface area contributed by atoms with Crippen LogP contribution in [0, 0.1) is 0 Å². The molecule has 2 aliphatic carbocycles. The van der Waals surface area contributed by atoms with Crippen molar-refractivity contribution in [3.05, 3.63) is 34.9 Å². The van der Waals surface area contributed by atoms with E-state index in [1.165, 1.54) is 11.1 Å². The van der Waals surface area contributed by atoms with Crippen LogP contribution < -0.4 is 5.32 Å². The second kappa shape index (κ2) is 5.51. The number of amides is 1. The van der Waals surface area contributed by atoms with Gasteiger partial charge in [-0.1, -0.05) is 18.9 Å². The zero-order valence-electron chi connectivity index (χ0n) is 12.2. The summed E-state index contributed by atoms with van der Waals surface area (Å²) in [7, 11) is 0. The fourth-order valence-electron chi connectivity index (χ4n) is 3.71. The summed E-state index contributed by atoms with van der Waals surface area (Å²) in [4.78, 5) is 23.6. The molecule has 1 aromatic carbocycles. The Hall–Kier alpha value is -1.84. The van der Waals surface area contributed by atoms with Crippen LogP contribution >= 0.6 is 0 Å². The van der Waals surface area contributed by atoms with Crippen molar-refractivity contribution in [1.29, 1.82) is 0 Å². The molecule has 2 aliphatic rings. The molecule has 1 fully saturated rings. The Bertz CT molecular complexity index is 573. The van der Waals surface area contributed by atoms with E-state index in [1.54, 1.807) is 0 Å². The normalized spacial score (nSPS) is 19.2. The molecule has 4 nitrogen and oxygen atoms in total. The Morgan fingerprint density at radius 3 is 2.52 bits per heavy atom. The summed E-state index contributed by atoms with van der Waals surface area (Å²) in [5.74, 6) is -0.973. The fourth-order valence-corrected chi connectivity index (χ4v) is 3.71. The summed E-state index contributed by atoms with van der Waals surface area (Å²) in [6, 6.07) is 5.87. The van der Waals surface area contributed by atoms with Crippen molar-refractivity contribution in [3.63, 3.8) is 0 Å². The lowest BCUT2D eigenvalue weighted by Gasteiger charge is -2.28. The molecule has 0 bridgehead atoms. The monoisotopic (exact) mass is 287 g/mol. The molecule has 112 valence electrons. The van der Waals surface area contributed by atoms with Gasteiger partial charge in [-0.2, -0.15) is 0 Å². The molecule has 1 saturated carbocycles. The van der Waals surface area contributed by atoms with Gasteiger partial charge in [0.25, 0.3) is 5.91 Å². The highest BCUT2D eigenvalue weighted by molar-refractivity contribution is 5.95. The smallest absolute Gasteiger partial charge is 0.305 e. The number of carbonyl (C=O) groups is 2. The van der Waals surface area contributed by atoms with E-state index in [4.69, 9.17) is 5.11 Å². The van der Waals surface area contributed by atoms with Crippen LogP contribution in [0.5, 0.6) is 0 Å². The van der Waals surface area contributed by atoms with Crippen LogP contribution in [0.4, 0.5) is 0 Å². The van der Waals surface area contributed by atoms with E-state index in [2.05, 4.69) is 5.32 Å². The summed E-state index contributed by atoms with van der Waals surface area (Å²) in [6.45, 7) is 0. The molecule has 0 saturated heterocycles. The number of carboxylic acid groups (broad SMARTS) is 1. The van der Waals surface area contributed by atoms with Crippen molar-refractivity contribution in [3.8, 4) is 0 Å². The van der Waals surface area contributed by atoms with Crippen LogP contribution in [0.2, 0.25) is 0 Å². The van der Waals surface area contributed by atoms with Gasteiger partial charge in [-0.15, -0.1) is 0 Å². The number of hydrogen-bond donors (Lipinski definition) is 2. The SMILES string of the molecule is O=C(O)CC1(NC(=O)c2ccc3c(c2)CCC3)CCCC1. The highest BCUT2D eigenvalue weighted by Crippen LogP contribution is 2.33. The minimum atomic E-state index is -0.842. The van der Waals surface area contributed by atoms with Gasteiger partial charge in [0.05, 0.1) is 12.0 Å². The van der Waals surface area contributed by atoms with Crippen LogP contribution in [-0.4, -0.2) is 22.5 Å². The molecule has 0 aromatic heterocycles. The molecule has 1 aromatic rings. The van der Waals surface area contributed by atoms with Gasteiger partial charge in [-0.05, 0) is 55.4 Å². The zero-order valence-corrected chi connectivity index (χ0v) is 12.2. The van der Waals surface area contributed by atoms with Crippen LogP contribution in [-0.2, 0) is 17.6 Å². The van der Waals surface area contributed by atoms with Gasteiger partial charge in [-0.25, -0.2) is 0 Å². The molecule has 0 heterocycles. The summed E-state index contributed by atoms with van der Waals surface area (Å²) < 4.78 is 0. The second-order valence-electron chi connectivity index (χ2n) is 6.35. The van der Waals surface area contributed by atoms with Crippen molar-refractivity contribution < 1.29 is 14.7 Å². The van der Waals surface area contributed by atoms with Crippen molar-refractivity contribution in [2.24, 2.45) is 0 Å². The number of carbonyl (C=O) groups excluding carboxylic acids is 1. The van der Waals surface area contributed by atoms with Crippen LogP contribution in [0.1, 0.15) is 60.0 Å². The largest absolute Gasteiger partial charge is 0.481 e. The third kappa shape index (κ3) is 2.94. The van der Waals surface area contributed by atoms with Gasteiger partial charge in [0.2, 0.25) is 0 Å². The summed E-state index contributed by atoms with van der Waals surface area (Å²) in [5.41, 5.74) is 2.71. The highest BCUT2D eigenvalue weighted by atomic mass is 16.4. The van der Waals surface area contributed by atoms with E-state index in [9.17, 15) is 9.59 Å². The van der Waals surface area contributed by atoms with Gasteiger partial charge in [0.1, 0.15) is 0 Å². The van der Waals surface area contributed by atoms with E-state index >= 15 is 0 Å². The predicted molar refractivity (Wildman–Crippen MR) is 79.4 cm³/mol. The third-order valence-electron chi connectivity index (χ3n) is 4.79. The first-order valence-corrected chi connectivity index (χ1v) is 7.74. The Labute approximate surface area is 124 Å². The predicted octanol–water partition coefficient (Wildman–Crippen LogP) is 2.69. The quantitative estimate of drug-likeness (QED) is 0.894. The average Bonchev–Trinajstić information content (AvgIpc) is 3.06. The number of rotatable bonds is 4. The lowest BCUT2D eigenvalue weighted by atomic mass is 9.92. The molecular formula is C17H21NO3. The number of hydrogen-bond acceptors (Lipinski definition) is 2. The molecule has 0 spiro atoms. The number of carboxylic acids is 1. The zero-order chi connectivity index (χ0) is 14.9. The van der Waals surface area contributed by atoms with Crippen LogP contribution in [0.15, 0.2) is 18.2 Å². The second-order valence-corrected chi connectivity index (χ2v) is 6.35. The average molecular weight is 287 g/mol. The first-order valence-electron chi connectivity index (χ1n) is 7.74. The maximum atomic E-state index is 12.5. The molecule has 4 heteroatoms. The van der Waals surface area contributed by atoms with Gasteiger partial charge in [-0.3, -0.25) is 9.59 Å². The third-order valence-corrected chi connectivity index (χ3v) is 4.79. The molecule has 0 aliphatic heterocycles. The topological polar surface area (TPSA) is 66.4 Å². The number of aryl methyl sites for hydroxylation is 2. The Kier molecular flexibility index (Phi) is 3.70. The molecule has 1 amide bonds. The molecule has 0 atom stereocenters. The lowest BCUT2D eigenvalue weighted by molar-refractivity contribution is -0.138. The molecule has 2 N–H and O–H groups in total. The maximum absolute atomic E-state index is 12.5. The standard InChI is InChI=1S/C17H21NO3/c19-15(20)11-17(8-1-2-9-17)18-16(21)14-7-6-12-4-3-5-13(12)10-14/h6-7,10H,1-5,8-9,11H2,(H,18,21)(H,19,20). The Balaban J connectivity index is 1.77. The molecule has 0 radical (unpaired) electrons. The van der Waals surface area contributed by atoms with Crippen molar-refractivity contribution >= 4 is 11.9 Å². The van der Waals surface area contributed by atoms with Gasteiger partial charge >= 0.3 is 5.97 Å². The Morgan fingerprint density at radius 1 is 1.10 bits per heavy atom. The van der Waals surface area contributed by atoms with Gasteiger partial charge < -0.3 is 10.4 Å². The fraction of sp³-hybridized carbons (Fsp3) is 0.529. The van der Waals surface area contributed by atoms with E-state index in [1.807, 2.05) is 18.2 Å². The molecule has 21 heavy (non-hydrogen) atoms. The number of nitrogens with one attached hydrogen (secondary N) is 1. The first-order chi connectivity index (χ1) is 10.1. The van der Waals surface area contributed by atoms with Crippen molar-refractivity contribution in [1.82, 2.24) is 5.32 Å². The minimum absolute atomic E-state index is 0.0175. The van der Waals surface area contributed by atoms with E-state index < -0.39 is 11.5 Å². The lowest BCUT2D eigenvalue weighted by Crippen LogP contribution is -2.47. The van der Waals surface area contributed by atoms with E-state index in [-0.39, 0.29) is 12.3 Å². The molecule has 0 unspecified atom stereocenters. The van der Waals surface area contributed by atoms with E-state index in [0.29, 0.717) is 5.56 Å². The number of aliphatic carboxylic acids is 1. The maximum Gasteiger partial charge on any atom is 0.305 e. The number of benzene rings is 1. The summed E-state index contributed by atoms with van der Waals surface area (Å²) in [5, 5.41) is 12.1. The van der Waals surface area contributed by atoms with Crippen LogP contribution in [0.25, 0.3) is 0 Å². The van der Waals surface area contributed by atoms with Gasteiger partial charge in [0.15, 0.2) is 0 Å². The van der Waals surface area contributed by atoms with Gasteiger partial charge in [0, 0.05) is 5.56 Å². The first kappa shape index (κ1) is 14.1. The van der Waals surface area contributed by atoms with Crippen molar-refractivity contribution in [2.45, 2.75) is 56.9 Å². The van der Waals surface area contributed by atoms with Crippen LogP contribution in [0.3, 0.4) is 0 Å². The summed E-state index contributed by atoms with van der Waals surface area (Å²) >= 11 is 0. The Morgan fingerprint density at radius 2 is 1.81 bits per heavy atom.